The van der Waals surface area contributed by atoms with E-state index in [4.69, 9.17) is 0 Å². The molecule has 3 heterocycles. The number of carbonyl (C=O) groups excluding carboxylic acids is 2. The molecule has 0 radical (unpaired) electrons. The van der Waals surface area contributed by atoms with Crippen molar-refractivity contribution in [2.24, 2.45) is 5.41 Å². The lowest BCUT2D eigenvalue weighted by Gasteiger charge is -2.48. The molecule has 2 aliphatic heterocycles. The largest absolute Gasteiger partial charge is 0.341 e. The van der Waals surface area contributed by atoms with Crippen LogP contribution in [0, 0.1) is 5.41 Å². The molecule has 1 aromatic rings. The molecule has 0 N–H and O–H groups in total. The van der Waals surface area contributed by atoms with E-state index in [9.17, 15) is 9.59 Å². The number of piperidine rings is 2. The summed E-state index contributed by atoms with van der Waals surface area (Å²) < 4.78 is 1.82. The first-order valence-electron chi connectivity index (χ1n) is 8.68. The normalized spacial score (nSPS) is 28.4. The van der Waals surface area contributed by atoms with Crippen LogP contribution in [-0.2, 0) is 16.1 Å². The SMILES string of the molecule is O=C(Cn1ccnc1)N1CCC[C@@]2(CCC(=O)N(C3CC3)C2)C1. The zero-order valence-electron chi connectivity index (χ0n) is 13.5. The number of nitrogens with zero attached hydrogens (tertiary/aromatic N) is 4. The van der Waals surface area contributed by atoms with Crippen LogP contribution in [0.15, 0.2) is 18.7 Å². The van der Waals surface area contributed by atoms with E-state index in [1.807, 2.05) is 15.7 Å². The fourth-order valence-electron chi connectivity index (χ4n) is 4.15. The average Bonchev–Trinajstić information content (AvgIpc) is 3.28. The van der Waals surface area contributed by atoms with Crippen LogP contribution in [0.5, 0.6) is 0 Å². The van der Waals surface area contributed by atoms with Gasteiger partial charge in [-0.2, -0.15) is 0 Å². The summed E-state index contributed by atoms with van der Waals surface area (Å²) in [6.45, 7) is 2.86. The first-order valence-corrected chi connectivity index (χ1v) is 8.68. The molecule has 23 heavy (non-hydrogen) atoms. The predicted molar refractivity (Wildman–Crippen MR) is 84.4 cm³/mol. The van der Waals surface area contributed by atoms with E-state index in [-0.39, 0.29) is 11.3 Å². The van der Waals surface area contributed by atoms with Crippen LogP contribution in [0.2, 0.25) is 0 Å². The lowest BCUT2D eigenvalue weighted by atomic mass is 9.73. The van der Waals surface area contributed by atoms with E-state index in [1.54, 1.807) is 12.5 Å². The molecule has 1 aliphatic carbocycles. The Morgan fingerprint density at radius 2 is 2.17 bits per heavy atom. The van der Waals surface area contributed by atoms with Gasteiger partial charge in [0.25, 0.3) is 0 Å². The molecule has 0 bridgehead atoms. The maximum atomic E-state index is 12.6. The molecule has 6 heteroatoms. The van der Waals surface area contributed by atoms with Crippen molar-refractivity contribution >= 4 is 11.8 Å². The third-order valence-electron chi connectivity index (χ3n) is 5.57. The van der Waals surface area contributed by atoms with Crippen molar-refractivity contribution in [2.45, 2.75) is 51.1 Å². The summed E-state index contributed by atoms with van der Waals surface area (Å²) in [5, 5.41) is 0. The van der Waals surface area contributed by atoms with Gasteiger partial charge in [-0.1, -0.05) is 0 Å². The van der Waals surface area contributed by atoms with Crippen LogP contribution < -0.4 is 0 Å². The Balaban J connectivity index is 1.43. The van der Waals surface area contributed by atoms with Crippen molar-refractivity contribution in [1.29, 1.82) is 0 Å². The van der Waals surface area contributed by atoms with Gasteiger partial charge in [-0.05, 0) is 32.1 Å². The summed E-state index contributed by atoms with van der Waals surface area (Å²) in [4.78, 5) is 32.8. The fourth-order valence-corrected chi connectivity index (χ4v) is 4.15. The maximum absolute atomic E-state index is 12.6. The van der Waals surface area contributed by atoms with Gasteiger partial charge in [0.1, 0.15) is 6.54 Å². The van der Waals surface area contributed by atoms with Gasteiger partial charge in [0.05, 0.1) is 6.33 Å². The number of likely N-dealkylation sites (tertiary alicyclic amines) is 2. The highest BCUT2D eigenvalue weighted by Crippen LogP contribution is 2.42. The summed E-state index contributed by atoms with van der Waals surface area (Å²) in [5.41, 5.74) is 0.124. The van der Waals surface area contributed by atoms with E-state index in [0.29, 0.717) is 24.9 Å². The van der Waals surface area contributed by atoms with Crippen LogP contribution in [-0.4, -0.2) is 56.8 Å². The molecule has 3 fully saturated rings. The van der Waals surface area contributed by atoms with Crippen molar-refractivity contribution < 1.29 is 9.59 Å². The van der Waals surface area contributed by atoms with Gasteiger partial charge in [0.15, 0.2) is 0 Å². The standard InChI is InChI=1S/C17H24N4O2/c22-15-4-6-17(12-21(15)14-2-3-14)5-1-8-20(11-17)16(23)10-19-9-7-18-13-19/h7,9,13-14H,1-6,8,10-12H2/t17-/m1/s1. The van der Waals surface area contributed by atoms with Crippen molar-refractivity contribution in [3.63, 3.8) is 0 Å². The number of aromatic nitrogens is 2. The number of rotatable bonds is 3. The first kappa shape index (κ1) is 14.7. The molecular formula is C17H24N4O2. The highest BCUT2D eigenvalue weighted by molar-refractivity contribution is 5.78. The molecule has 0 aromatic carbocycles. The van der Waals surface area contributed by atoms with E-state index in [2.05, 4.69) is 9.88 Å². The highest BCUT2D eigenvalue weighted by atomic mass is 16.2. The number of hydrogen-bond donors (Lipinski definition) is 0. The number of imidazole rings is 1. The second-order valence-corrected chi connectivity index (χ2v) is 7.41. The van der Waals surface area contributed by atoms with Crippen LogP contribution in [0.4, 0.5) is 0 Å². The topological polar surface area (TPSA) is 58.4 Å². The van der Waals surface area contributed by atoms with E-state index in [1.165, 1.54) is 0 Å². The Labute approximate surface area is 136 Å². The van der Waals surface area contributed by atoms with E-state index >= 15 is 0 Å². The van der Waals surface area contributed by atoms with Gasteiger partial charge in [0.2, 0.25) is 11.8 Å². The monoisotopic (exact) mass is 316 g/mol. The third kappa shape index (κ3) is 2.99. The van der Waals surface area contributed by atoms with Crippen LogP contribution in [0.25, 0.3) is 0 Å². The zero-order valence-corrected chi connectivity index (χ0v) is 13.5. The fraction of sp³-hybridized carbons (Fsp3) is 0.706. The first-order chi connectivity index (χ1) is 11.2. The van der Waals surface area contributed by atoms with Gasteiger partial charge in [-0.15, -0.1) is 0 Å². The summed E-state index contributed by atoms with van der Waals surface area (Å²) in [6.07, 6.45) is 11.3. The number of hydrogen-bond acceptors (Lipinski definition) is 3. The molecule has 1 spiro atoms. The Kier molecular flexibility index (Phi) is 3.62. The quantitative estimate of drug-likeness (QED) is 0.844. The Hall–Kier alpha value is -1.85. The van der Waals surface area contributed by atoms with Crippen LogP contribution in [0.1, 0.15) is 38.5 Å². The van der Waals surface area contributed by atoms with Gasteiger partial charge in [-0.3, -0.25) is 9.59 Å². The summed E-state index contributed by atoms with van der Waals surface area (Å²) in [6, 6.07) is 0.483. The van der Waals surface area contributed by atoms with Gasteiger partial charge < -0.3 is 14.4 Å². The summed E-state index contributed by atoms with van der Waals surface area (Å²) in [7, 11) is 0. The molecule has 2 amide bonds. The van der Waals surface area contributed by atoms with Crippen molar-refractivity contribution in [1.82, 2.24) is 19.4 Å². The molecule has 3 aliphatic rings. The van der Waals surface area contributed by atoms with Gasteiger partial charge >= 0.3 is 0 Å². The minimum Gasteiger partial charge on any atom is -0.341 e. The molecule has 1 saturated carbocycles. The molecule has 1 aromatic heterocycles. The highest BCUT2D eigenvalue weighted by Gasteiger charge is 2.46. The predicted octanol–water partition coefficient (Wildman–Crippen LogP) is 1.28. The van der Waals surface area contributed by atoms with Crippen LogP contribution >= 0.6 is 0 Å². The van der Waals surface area contributed by atoms with Crippen molar-refractivity contribution in [3.05, 3.63) is 18.7 Å². The van der Waals surface area contributed by atoms with Gasteiger partial charge in [-0.25, -0.2) is 4.98 Å². The Morgan fingerprint density at radius 1 is 1.30 bits per heavy atom. The second-order valence-electron chi connectivity index (χ2n) is 7.41. The molecule has 124 valence electrons. The maximum Gasteiger partial charge on any atom is 0.242 e. The Morgan fingerprint density at radius 3 is 2.91 bits per heavy atom. The number of carbonyl (C=O) groups is 2. The van der Waals surface area contributed by atoms with Gasteiger partial charge in [0, 0.05) is 49.9 Å². The average molecular weight is 316 g/mol. The lowest BCUT2D eigenvalue weighted by molar-refractivity contribution is -0.143. The third-order valence-corrected chi connectivity index (χ3v) is 5.57. The molecule has 2 saturated heterocycles. The lowest BCUT2D eigenvalue weighted by Crippen LogP contribution is -2.55. The Bertz CT molecular complexity index is 596. The van der Waals surface area contributed by atoms with E-state index in [0.717, 1.165) is 51.7 Å². The minimum atomic E-state index is 0.124. The summed E-state index contributed by atoms with van der Waals surface area (Å²) >= 11 is 0. The smallest absolute Gasteiger partial charge is 0.242 e. The molecular weight excluding hydrogens is 292 g/mol. The minimum absolute atomic E-state index is 0.124. The molecule has 4 rings (SSSR count). The van der Waals surface area contributed by atoms with Crippen molar-refractivity contribution in [3.8, 4) is 0 Å². The van der Waals surface area contributed by atoms with Crippen LogP contribution in [0.3, 0.4) is 0 Å². The summed E-state index contributed by atoms with van der Waals surface area (Å²) in [5.74, 6) is 0.483. The number of amides is 2. The zero-order chi connectivity index (χ0) is 15.9. The van der Waals surface area contributed by atoms with Crippen molar-refractivity contribution in [2.75, 3.05) is 19.6 Å². The molecule has 0 unspecified atom stereocenters. The van der Waals surface area contributed by atoms with E-state index < -0.39 is 0 Å². The molecule has 1 atom stereocenters. The second kappa shape index (κ2) is 5.65. The molecule has 6 nitrogen and oxygen atoms in total.